The number of carbonyl (C=O) groups excluding carboxylic acids is 1. The molecule has 0 bridgehead atoms. The van der Waals surface area contributed by atoms with Crippen LogP contribution in [0.3, 0.4) is 0 Å². The summed E-state index contributed by atoms with van der Waals surface area (Å²) in [5, 5.41) is 3.88. The van der Waals surface area contributed by atoms with Crippen molar-refractivity contribution < 1.29 is 14.3 Å². The van der Waals surface area contributed by atoms with Gasteiger partial charge in [-0.3, -0.25) is 4.79 Å². The largest absolute Gasteiger partial charge is 0.494 e. The molecule has 8 heteroatoms. The van der Waals surface area contributed by atoms with Crippen molar-refractivity contribution in [2.45, 2.75) is 6.92 Å². The number of fused-ring (bicyclic) bond motifs is 1. The van der Waals surface area contributed by atoms with Gasteiger partial charge >= 0.3 is 0 Å². The number of hydrogen-bond acceptors (Lipinski definition) is 6. The number of hydrogen-bond donors (Lipinski definition) is 2. The third kappa shape index (κ3) is 3.94. The van der Waals surface area contributed by atoms with Crippen LogP contribution in [0, 0.1) is 6.92 Å². The Bertz CT molecular complexity index is 942. The maximum absolute atomic E-state index is 12.1. The van der Waals surface area contributed by atoms with Gasteiger partial charge in [0.05, 0.1) is 11.8 Å². The van der Waals surface area contributed by atoms with Gasteiger partial charge in [-0.1, -0.05) is 22.9 Å². The second-order valence-electron chi connectivity index (χ2n) is 5.33. The number of anilines is 2. The van der Waals surface area contributed by atoms with Gasteiger partial charge in [-0.25, -0.2) is 4.98 Å². The predicted octanol–water partition coefficient (Wildman–Crippen LogP) is 3.87. The van der Waals surface area contributed by atoms with Gasteiger partial charge < -0.3 is 20.5 Å². The van der Waals surface area contributed by atoms with Gasteiger partial charge in [-0.2, -0.15) is 0 Å². The molecule has 25 heavy (non-hydrogen) atoms. The summed E-state index contributed by atoms with van der Waals surface area (Å²) in [5.41, 5.74) is 7.89. The first-order valence-electron chi connectivity index (χ1n) is 7.39. The van der Waals surface area contributed by atoms with Crippen molar-refractivity contribution >= 4 is 49.9 Å². The molecule has 0 spiro atoms. The summed E-state index contributed by atoms with van der Waals surface area (Å²) in [6.45, 7) is 1.75. The average molecular weight is 378 g/mol. The zero-order chi connectivity index (χ0) is 18.0. The first-order chi connectivity index (χ1) is 12.0. The van der Waals surface area contributed by atoms with Crippen molar-refractivity contribution in [1.29, 1.82) is 0 Å². The van der Waals surface area contributed by atoms with Gasteiger partial charge in [0.15, 0.2) is 11.7 Å². The fraction of sp³-hybridized carbons (Fsp3) is 0.176. The summed E-state index contributed by atoms with van der Waals surface area (Å²) in [7, 11) is 1.54. The number of thiazole rings is 1. The fourth-order valence-electron chi connectivity index (χ4n) is 2.30. The zero-order valence-electron chi connectivity index (χ0n) is 13.6. The molecule has 0 radical (unpaired) electrons. The van der Waals surface area contributed by atoms with E-state index in [0.29, 0.717) is 32.9 Å². The van der Waals surface area contributed by atoms with Crippen LogP contribution in [0.15, 0.2) is 30.3 Å². The quantitative estimate of drug-likeness (QED) is 0.704. The number of benzene rings is 2. The maximum atomic E-state index is 12.1. The van der Waals surface area contributed by atoms with Crippen LogP contribution in [0.5, 0.6) is 11.5 Å². The van der Waals surface area contributed by atoms with Crippen LogP contribution in [0.25, 0.3) is 10.2 Å². The molecular formula is C17H16ClN3O3S. The Labute approximate surface area is 153 Å². The molecule has 0 aliphatic carbocycles. The number of rotatable bonds is 5. The van der Waals surface area contributed by atoms with Crippen molar-refractivity contribution in [3.63, 3.8) is 0 Å². The van der Waals surface area contributed by atoms with Gasteiger partial charge in [-0.05, 0) is 36.8 Å². The highest BCUT2D eigenvalue weighted by Gasteiger charge is 2.12. The number of halogens is 1. The molecular weight excluding hydrogens is 362 g/mol. The summed E-state index contributed by atoms with van der Waals surface area (Å²) < 4.78 is 11.6. The monoisotopic (exact) mass is 377 g/mol. The molecule has 6 nitrogen and oxygen atoms in total. The van der Waals surface area contributed by atoms with Gasteiger partial charge in [0.25, 0.3) is 5.91 Å². The number of nitrogens with two attached hydrogens (primary N) is 1. The molecule has 0 atom stereocenters. The molecule has 0 aliphatic heterocycles. The summed E-state index contributed by atoms with van der Waals surface area (Å²) in [6, 6.07) is 8.74. The van der Waals surface area contributed by atoms with Gasteiger partial charge in [-0.15, -0.1) is 0 Å². The first-order valence-corrected chi connectivity index (χ1v) is 8.58. The molecule has 1 amide bonds. The lowest BCUT2D eigenvalue weighted by molar-refractivity contribution is -0.118. The third-order valence-corrected chi connectivity index (χ3v) is 4.74. The van der Waals surface area contributed by atoms with Crippen LogP contribution in [0.2, 0.25) is 5.02 Å². The van der Waals surface area contributed by atoms with E-state index in [0.717, 1.165) is 10.3 Å². The van der Waals surface area contributed by atoms with E-state index in [1.54, 1.807) is 37.4 Å². The summed E-state index contributed by atoms with van der Waals surface area (Å²) in [5.74, 6) is 0.849. The number of aromatic nitrogens is 1. The molecule has 3 N–H and O–H groups in total. The smallest absolute Gasteiger partial charge is 0.262 e. The molecule has 3 aromatic rings. The maximum Gasteiger partial charge on any atom is 0.262 e. The first kappa shape index (κ1) is 17.3. The Morgan fingerprint density at radius 2 is 2.16 bits per heavy atom. The highest BCUT2D eigenvalue weighted by atomic mass is 35.5. The predicted molar refractivity (Wildman–Crippen MR) is 101 cm³/mol. The fourth-order valence-corrected chi connectivity index (χ4v) is 3.21. The highest BCUT2D eigenvalue weighted by molar-refractivity contribution is 7.22. The van der Waals surface area contributed by atoms with Gasteiger partial charge in [0.2, 0.25) is 0 Å². The topological polar surface area (TPSA) is 86.5 Å². The summed E-state index contributed by atoms with van der Waals surface area (Å²) in [4.78, 5) is 16.4. The van der Waals surface area contributed by atoms with Gasteiger partial charge in [0, 0.05) is 16.8 Å². The molecule has 3 rings (SSSR count). The van der Waals surface area contributed by atoms with Crippen LogP contribution in [-0.2, 0) is 4.79 Å². The standard InChI is InChI=1S/C17H16ClN3O3S/c1-9-5-11(3-4-12(9)18)24-8-15(22)20-10-6-13(23-2)16-14(7-10)25-17(19)21-16/h3-7H,8H2,1-2H3,(H2,19,21)(H,20,22). The summed E-state index contributed by atoms with van der Waals surface area (Å²) in [6.07, 6.45) is 0. The SMILES string of the molecule is COc1cc(NC(=O)COc2ccc(Cl)c(C)c2)cc2sc(N)nc12. The van der Waals surface area contributed by atoms with E-state index in [1.807, 2.05) is 6.92 Å². The molecule has 0 aliphatic rings. The Balaban J connectivity index is 1.70. The third-order valence-electron chi connectivity index (χ3n) is 3.48. The van der Waals surface area contributed by atoms with Gasteiger partial charge in [0.1, 0.15) is 17.0 Å². The van der Waals surface area contributed by atoms with Crippen LogP contribution in [0.1, 0.15) is 5.56 Å². The minimum atomic E-state index is -0.286. The number of nitrogens with one attached hydrogen (secondary N) is 1. The van der Waals surface area contributed by atoms with Crippen molar-refractivity contribution in [1.82, 2.24) is 4.98 Å². The molecule has 0 saturated carbocycles. The number of nitrogen functional groups attached to an aromatic ring is 1. The molecule has 0 saturated heterocycles. The minimum Gasteiger partial charge on any atom is -0.494 e. The molecule has 0 fully saturated rings. The van der Waals surface area contributed by atoms with E-state index in [-0.39, 0.29) is 12.5 Å². The average Bonchev–Trinajstić information content (AvgIpc) is 2.95. The normalized spacial score (nSPS) is 10.7. The molecule has 1 aromatic heterocycles. The van der Waals surface area contributed by atoms with E-state index in [1.165, 1.54) is 11.3 Å². The van der Waals surface area contributed by atoms with Crippen LogP contribution < -0.4 is 20.5 Å². The van der Waals surface area contributed by atoms with Crippen molar-refractivity contribution in [3.05, 3.63) is 40.9 Å². The second kappa shape index (κ2) is 7.16. The van der Waals surface area contributed by atoms with Crippen molar-refractivity contribution in [3.8, 4) is 11.5 Å². The van der Waals surface area contributed by atoms with Crippen molar-refractivity contribution in [2.24, 2.45) is 0 Å². The van der Waals surface area contributed by atoms with Crippen molar-refractivity contribution in [2.75, 3.05) is 24.8 Å². The Morgan fingerprint density at radius 1 is 1.36 bits per heavy atom. The molecule has 130 valence electrons. The number of ether oxygens (including phenoxy) is 2. The molecule has 1 heterocycles. The molecule has 0 unspecified atom stereocenters. The lowest BCUT2D eigenvalue weighted by Crippen LogP contribution is -2.20. The second-order valence-corrected chi connectivity index (χ2v) is 6.79. The Hall–Kier alpha value is -2.51. The van der Waals surface area contributed by atoms with Crippen LogP contribution in [-0.4, -0.2) is 24.6 Å². The number of amides is 1. The molecule has 2 aromatic carbocycles. The van der Waals surface area contributed by atoms with E-state index < -0.39 is 0 Å². The highest BCUT2D eigenvalue weighted by Crippen LogP contribution is 2.34. The van der Waals surface area contributed by atoms with Crippen LogP contribution in [0.4, 0.5) is 10.8 Å². The Morgan fingerprint density at radius 3 is 2.88 bits per heavy atom. The van der Waals surface area contributed by atoms with E-state index in [2.05, 4.69) is 10.3 Å². The zero-order valence-corrected chi connectivity index (χ0v) is 15.2. The van der Waals surface area contributed by atoms with E-state index >= 15 is 0 Å². The number of carbonyl (C=O) groups is 1. The van der Waals surface area contributed by atoms with Crippen LogP contribution >= 0.6 is 22.9 Å². The summed E-state index contributed by atoms with van der Waals surface area (Å²) >= 11 is 7.30. The van der Waals surface area contributed by atoms with E-state index in [9.17, 15) is 4.79 Å². The lowest BCUT2D eigenvalue weighted by Gasteiger charge is -2.10. The lowest BCUT2D eigenvalue weighted by atomic mass is 10.2. The number of aryl methyl sites for hydroxylation is 1. The minimum absolute atomic E-state index is 0.119. The number of nitrogens with zero attached hydrogens (tertiary/aromatic N) is 1. The number of methoxy groups -OCH3 is 1. The Kier molecular flexibility index (Phi) is 4.96. The van der Waals surface area contributed by atoms with E-state index in [4.69, 9.17) is 26.8 Å².